The van der Waals surface area contributed by atoms with Gasteiger partial charge in [0.15, 0.2) is 5.58 Å². The number of hydrogen-bond donors (Lipinski definition) is 0. The second-order valence-electron chi connectivity index (χ2n) is 5.29. The van der Waals surface area contributed by atoms with Gasteiger partial charge in [0.1, 0.15) is 11.1 Å². The molecule has 0 amide bonds. The van der Waals surface area contributed by atoms with Crippen molar-refractivity contribution in [1.82, 2.24) is 4.98 Å². The molecule has 0 spiro atoms. The molecule has 0 bridgehead atoms. The van der Waals surface area contributed by atoms with Crippen molar-refractivity contribution < 1.29 is 8.83 Å². The maximum Gasteiger partial charge on any atom is 0.336 e. The molecule has 2 aromatic carbocycles. The minimum absolute atomic E-state index is 0.350. The quantitative estimate of drug-likeness (QED) is 0.409. The summed E-state index contributed by atoms with van der Waals surface area (Å²) in [4.78, 5) is 16.1. The third-order valence-electron chi connectivity index (χ3n) is 3.65. The van der Waals surface area contributed by atoms with Crippen LogP contribution >= 0.6 is 11.8 Å². The zero-order valence-electron chi connectivity index (χ0n) is 12.4. The summed E-state index contributed by atoms with van der Waals surface area (Å²) < 4.78 is 11.1. The van der Waals surface area contributed by atoms with Gasteiger partial charge in [-0.1, -0.05) is 42.1 Å². The molecule has 2 heterocycles. The van der Waals surface area contributed by atoms with Gasteiger partial charge in [0, 0.05) is 11.8 Å². The first-order chi connectivity index (χ1) is 11.2. The van der Waals surface area contributed by atoms with E-state index >= 15 is 0 Å². The molecule has 0 atom stereocenters. The van der Waals surface area contributed by atoms with E-state index in [0.29, 0.717) is 16.4 Å². The van der Waals surface area contributed by atoms with Crippen LogP contribution in [0.2, 0.25) is 0 Å². The average Bonchev–Trinajstić information content (AvgIpc) is 2.96. The highest BCUT2D eigenvalue weighted by Crippen LogP contribution is 2.31. The number of aryl methyl sites for hydroxylation is 1. The van der Waals surface area contributed by atoms with Gasteiger partial charge in [0.05, 0.1) is 5.39 Å². The number of thioether (sulfide) groups is 1. The fourth-order valence-electron chi connectivity index (χ4n) is 2.59. The van der Waals surface area contributed by atoms with E-state index in [1.54, 1.807) is 23.9 Å². The number of aromatic nitrogens is 1. The third-order valence-corrected chi connectivity index (χ3v) is 4.55. The fourth-order valence-corrected chi connectivity index (χ4v) is 3.38. The van der Waals surface area contributed by atoms with E-state index in [4.69, 9.17) is 8.83 Å². The molecule has 23 heavy (non-hydrogen) atoms. The van der Waals surface area contributed by atoms with Crippen molar-refractivity contribution in [2.75, 3.05) is 0 Å². The van der Waals surface area contributed by atoms with Gasteiger partial charge in [-0.3, -0.25) is 0 Å². The zero-order valence-corrected chi connectivity index (χ0v) is 13.2. The lowest BCUT2D eigenvalue weighted by Crippen LogP contribution is -1.97. The predicted octanol–water partition coefficient (Wildman–Crippen LogP) is 4.53. The molecule has 0 aliphatic rings. The van der Waals surface area contributed by atoms with Gasteiger partial charge in [-0.05, 0) is 30.2 Å². The highest BCUT2D eigenvalue weighted by Gasteiger charge is 2.13. The number of rotatable bonds is 3. The topological polar surface area (TPSA) is 56.2 Å². The van der Waals surface area contributed by atoms with Crippen LogP contribution in [0.4, 0.5) is 0 Å². The summed E-state index contributed by atoms with van der Waals surface area (Å²) in [6.45, 7) is 1.88. The number of benzene rings is 2. The fraction of sp³-hybridized carbons (Fsp3) is 0.111. The molecule has 5 heteroatoms. The van der Waals surface area contributed by atoms with Crippen molar-refractivity contribution in [2.24, 2.45) is 0 Å². The third kappa shape index (κ3) is 2.64. The molecule has 0 fully saturated rings. The highest BCUT2D eigenvalue weighted by molar-refractivity contribution is 7.98. The van der Waals surface area contributed by atoms with Gasteiger partial charge in [-0.15, -0.1) is 0 Å². The summed E-state index contributed by atoms with van der Waals surface area (Å²) in [7, 11) is 0. The van der Waals surface area contributed by atoms with Crippen LogP contribution in [0.3, 0.4) is 0 Å². The lowest BCUT2D eigenvalue weighted by atomic mass is 10.1. The number of fused-ring (bicyclic) bond motifs is 3. The first kappa shape index (κ1) is 14.1. The summed E-state index contributed by atoms with van der Waals surface area (Å²) in [6, 6.07) is 15.2. The second kappa shape index (κ2) is 5.59. The van der Waals surface area contributed by atoms with E-state index in [2.05, 4.69) is 17.1 Å². The number of hydrogen-bond acceptors (Lipinski definition) is 5. The van der Waals surface area contributed by atoms with Crippen LogP contribution < -0.4 is 5.63 Å². The Labute approximate surface area is 136 Å². The Morgan fingerprint density at radius 1 is 1.04 bits per heavy atom. The van der Waals surface area contributed by atoms with Crippen molar-refractivity contribution in [3.8, 4) is 0 Å². The Morgan fingerprint density at radius 2 is 1.83 bits per heavy atom. The summed E-state index contributed by atoms with van der Waals surface area (Å²) in [5, 5.41) is 1.44. The maximum absolute atomic E-state index is 11.5. The molecule has 4 aromatic rings. The molecular weight excluding hydrogens is 310 g/mol. The Hall–Kier alpha value is -2.53. The maximum atomic E-state index is 11.5. The van der Waals surface area contributed by atoms with Crippen molar-refractivity contribution >= 4 is 33.8 Å². The highest BCUT2D eigenvalue weighted by atomic mass is 32.2. The van der Waals surface area contributed by atoms with Crippen molar-refractivity contribution in [1.29, 1.82) is 0 Å². The Kier molecular flexibility index (Phi) is 3.42. The largest absolute Gasteiger partial charge is 0.431 e. The lowest BCUT2D eigenvalue weighted by molar-refractivity contribution is 0.489. The SMILES string of the molecule is Cc1cc(=O)oc2ccc3oc(SCc4ccccc4)nc3c12. The summed E-state index contributed by atoms with van der Waals surface area (Å²) in [5.74, 6) is 0.791. The van der Waals surface area contributed by atoms with Gasteiger partial charge < -0.3 is 8.83 Å². The molecule has 114 valence electrons. The number of nitrogens with zero attached hydrogens (tertiary/aromatic N) is 1. The first-order valence-corrected chi connectivity index (χ1v) is 8.20. The molecule has 0 radical (unpaired) electrons. The van der Waals surface area contributed by atoms with E-state index < -0.39 is 0 Å². The number of oxazole rings is 1. The normalized spacial score (nSPS) is 11.3. The van der Waals surface area contributed by atoms with Crippen LogP contribution in [0.5, 0.6) is 0 Å². The molecule has 4 rings (SSSR count). The minimum atomic E-state index is -0.350. The first-order valence-electron chi connectivity index (χ1n) is 7.21. The molecule has 0 unspecified atom stereocenters. The summed E-state index contributed by atoms with van der Waals surface area (Å²) >= 11 is 1.55. The summed E-state index contributed by atoms with van der Waals surface area (Å²) in [5.41, 5.74) is 3.68. The van der Waals surface area contributed by atoms with Crippen molar-refractivity contribution in [2.45, 2.75) is 17.9 Å². The van der Waals surface area contributed by atoms with E-state index in [-0.39, 0.29) is 5.63 Å². The van der Waals surface area contributed by atoms with Gasteiger partial charge in [-0.25, -0.2) is 9.78 Å². The van der Waals surface area contributed by atoms with Crippen LogP contribution in [-0.4, -0.2) is 4.98 Å². The van der Waals surface area contributed by atoms with Crippen LogP contribution in [0, 0.1) is 6.92 Å². The van der Waals surface area contributed by atoms with E-state index in [1.807, 2.05) is 25.1 Å². The van der Waals surface area contributed by atoms with E-state index in [1.165, 1.54) is 11.6 Å². The minimum Gasteiger partial charge on any atom is -0.431 e. The predicted molar refractivity (Wildman–Crippen MR) is 90.8 cm³/mol. The van der Waals surface area contributed by atoms with Gasteiger partial charge in [0.2, 0.25) is 0 Å². The molecule has 2 aromatic heterocycles. The molecule has 4 nitrogen and oxygen atoms in total. The van der Waals surface area contributed by atoms with Crippen molar-refractivity contribution in [3.05, 3.63) is 70.1 Å². The molecule has 0 saturated carbocycles. The second-order valence-corrected chi connectivity index (χ2v) is 6.21. The van der Waals surface area contributed by atoms with Gasteiger partial charge in [0.25, 0.3) is 5.22 Å². The zero-order chi connectivity index (χ0) is 15.8. The average molecular weight is 323 g/mol. The molecule has 0 aliphatic heterocycles. The van der Waals surface area contributed by atoms with Gasteiger partial charge >= 0.3 is 5.63 Å². The monoisotopic (exact) mass is 323 g/mol. The van der Waals surface area contributed by atoms with Crippen LogP contribution in [0.1, 0.15) is 11.1 Å². The van der Waals surface area contributed by atoms with Gasteiger partial charge in [-0.2, -0.15) is 0 Å². The molecule has 0 saturated heterocycles. The molecular formula is C18H13NO3S. The van der Waals surface area contributed by atoms with Crippen LogP contribution in [0.25, 0.3) is 22.1 Å². The molecule has 0 aliphatic carbocycles. The van der Waals surface area contributed by atoms with Crippen LogP contribution in [-0.2, 0) is 5.75 Å². The molecule has 0 N–H and O–H groups in total. The smallest absolute Gasteiger partial charge is 0.336 e. The van der Waals surface area contributed by atoms with Crippen molar-refractivity contribution in [3.63, 3.8) is 0 Å². The van der Waals surface area contributed by atoms with E-state index in [0.717, 1.165) is 22.2 Å². The lowest BCUT2D eigenvalue weighted by Gasteiger charge is -1.99. The summed E-state index contributed by atoms with van der Waals surface area (Å²) in [6.07, 6.45) is 0. The van der Waals surface area contributed by atoms with Crippen LogP contribution in [0.15, 0.2) is 67.4 Å². The van der Waals surface area contributed by atoms with E-state index in [9.17, 15) is 4.79 Å². The Balaban J connectivity index is 1.75. The Bertz CT molecular complexity index is 1050. The Morgan fingerprint density at radius 3 is 2.65 bits per heavy atom. The standard InChI is InChI=1S/C18H13NO3S/c1-11-9-15(20)21-13-7-8-14-17(16(11)13)19-18(22-14)23-10-12-5-3-2-4-6-12/h2-9H,10H2,1H3.